The smallest absolute Gasteiger partial charge is 0.257 e. The molecule has 0 fully saturated rings. The third kappa shape index (κ3) is 6.17. The van der Waals surface area contributed by atoms with Crippen LogP contribution in [0.4, 0.5) is 5.69 Å². The van der Waals surface area contributed by atoms with Crippen molar-refractivity contribution in [2.45, 2.75) is 19.4 Å². The Balaban J connectivity index is 1.48. The molecule has 1 heterocycles. The fraction of sp³-hybridized carbons (Fsp3) is 0.174. The zero-order valence-electron chi connectivity index (χ0n) is 16.2. The summed E-state index contributed by atoms with van der Waals surface area (Å²) in [6, 6.07) is 18.5. The van der Waals surface area contributed by atoms with E-state index >= 15 is 0 Å². The van der Waals surface area contributed by atoms with E-state index in [4.69, 9.17) is 4.74 Å². The van der Waals surface area contributed by atoms with E-state index in [1.807, 2.05) is 48.5 Å². The van der Waals surface area contributed by atoms with Crippen molar-refractivity contribution in [3.63, 3.8) is 0 Å². The number of aromatic nitrogens is 1. The molecule has 2 N–H and O–H groups in total. The molecule has 0 unspecified atom stereocenters. The molecule has 0 saturated carbocycles. The Morgan fingerprint density at radius 2 is 1.83 bits per heavy atom. The van der Waals surface area contributed by atoms with Gasteiger partial charge in [-0.25, -0.2) is 0 Å². The van der Waals surface area contributed by atoms with E-state index < -0.39 is 0 Å². The van der Waals surface area contributed by atoms with Crippen LogP contribution in [0, 0.1) is 0 Å². The monoisotopic (exact) mass is 389 g/mol. The van der Waals surface area contributed by atoms with Gasteiger partial charge < -0.3 is 15.4 Å². The molecule has 6 heteroatoms. The van der Waals surface area contributed by atoms with Crippen LogP contribution in [0.25, 0.3) is 0 Å². The number of anilines is 1. The molecule has 2 aromatic carbocycles. The lowest BCUT2D eigenvalue weighted by molar-refractivity contribution is -0.121. The Morgan fingerprint density at radius 1 is 1.00 bits per heavy atom. The molecule has 1 aromatic heterocycles. The van der Waals surface area contributed by atoms with E-state index in [-0.39, 0.29) is 11.8 Å². The number of carbonyl (C=O) groups is 2. The molecular weight excluding hydrogens is 366 g/mol. The van der Waals surface area contributed by atoms with Crippen molar-refractivity contribution in [1.82, 2.24) is 10.3 Å². The maximum atomic E-state index is 12.2. The summed E-state index contributed by atoms with van der Waals surface area (Å²) in [7, 11) is 1.63. The van der Waals surface area contributed by atoms with E-state index in [9.17, 15) is 9.59 Å². The second kappa shape index (κ2) is 10.0. The first-order valence-electron chi connectivity index (χ1n) is 9.34. The van der Waals surface area contributed by atoms with Crippen molar-refractivity contribution in [2.75, 3.05) is 12.4 Å². The first kappa shape index (κ1) is 20.1. The van der Waals surface area contributed by atoms with Gasteiger partial charge in [0.2, 0.25) is 5.91 Å². The molecule has 3 aromatic rings. The van der Waals surface area contributed by atoms with E-state index in [1.165, 1.54) is 6.20 Å². The number of nitrogens with zero attached hydrogens (tertiary/aromatic N) is 1. The number of amides is 2. The van der Waals surface area contributed by atoms with Crippen molar-refractivity contribution in [3.8, 4) is 5.75 Å². The number of aryl methyl sites for hydroxylation is 1. The predicted octanol–water partition coefficient (Wildman–Crippen LogP) is 3.59. The zero-order valence-corrected chi connectivity index (χ0v) is 16.2. The fourth-order valence-corrected chi connectivity index (χ4v) is 2.80. The number of rotatable bonds is 8. The molecule has 29 heavy (non-hydrogen) atoms. The standard InChI is InChI=1S/C23H23N3O3/c1-29-21-10-7-17(8-11-21)9-12-22(27)25-15-18-4-2-6-20(14-18)26-23(28)19-5-3-13-24-16-19/h2-8,10-11,13-14,16H,9,12,15H2,1H3,(H,25,27)(H,26,28). The lowest BCUT2D eigenvalue weighted by atomic mass is 10.1. The number of pyridine rings is 1. The van der Waals surface area contributed by atoms with E-state index in [0.29, 0.717) is 30.6 Å². The Bertz CT molecular complexity index is 957. The minimum Gasteiger partial charge on any atom is -0.497 e. The Labute approximate surface area is 169 Å². The van der Waals surface area contributed by atoms with Crippen LogP contribution in [0.3, 0.4) is 0 Å². The third-order valence-electron chi connectivity index (χ3n) is 4.40. The van der Waals surface area contributed by atoms with E-state index in [0.717, 1.165) is 16.9 Å². The van der Waals surface area contributed by atoms with Crippen molar-refractivity contribution in [2.24, 2.45) is 0 Å². The van der Waals surface area contributed by atoms with Crippen molar-refractivity contribution in [3.05, 3.63) is 89.7 Å². The van der Waals surface area contributed by atoms with Crippen LogP contribution in [0.2, 0.25) is 0 Å². The van der Waals surface area contributed by atoms with Gasteiger partial charge in [0.1, 0.15) is 5.75 Å². The van der Waals surface area contributed by atoms with E-state index in [2.05, 4.69) is 15.6 Å². The largest absolute Gasteiger partial charge is 0.497 e. The Kier molecular flexibility index (Phi) is 6.95. The Morgan fingerprint density at radius 3 is 2.55 bits per heavy atom. The van der Waals surface area contributed by atoms with Gasteiger partial charge in [-0.05, 0) is 53.9 Å². The SMILES string of the molecule is COc1ccc(CCC(=O)NCc2cccc(NC(=O)c3cccnc3)c2)cc1. The average molecular weight is 389 g/mol. The highest BCUT2D eigenvalue weighted by molar-refractivity contribution is 6.04. The van der Waals surface area contributed by atoms with Gasteiger partial charge in [0.25, 0.3) is 5.91 Å². The molecule has 0 spiro atoms. The average Bonchev–Trinajstić information content (AvgIpc) is 2.77. The van der Waals surface area contributed by atoms with Crippen LogP contribution in [0.1, 0.15) is 27.9 Å². The van der Waals surface area contributed by atoms with Gasteiger partial charge in [-0.3, -0.25) is 14.6 Å². The summed E-state index contributed by atoms with van der Waals surface area (Å²) in [6.45, 7) is 0.401. The summed E-state index contributed by atoms with van der Waals surface area (Å²) >= 11 is 0. The van der Waals surface area contributed by atoms with Crippen LogP contribution in [0.5, 0.6) is 5.75 Å². The summed E-state index contributed by atoms with van der Waals surface area (Å²) in [4.78, 5) is 28.3. The molecule has 2 amide bonds. The molecule has 0 aliphatic carbocycles. The summed E-state index contributed by atoms with van der Waals surface area (Å²) in [5, 5.41) is 5.76. The van der Waals surface area contributed by atoms with Crippen LogP contribution in [-0.2, 0) is 17.8 Å². The quantitative estimate of drug-likeness (QED) is 0.617. The molecule has 3 rings (SSSR count). The number of ether oxygens (including phenoxy) is 1. The number of benzene rings is 2. The highest BCUT2D eigenvalue weighted by atomic mass is 16.5. The lowest BCUT2D eigenvalue weighted by Crippen LogP contribution is -2.23. The van der Waals surface area contributed by atoms with Crippen LogP contribution in [-0.4, -0.2) is 23.9 Å². The molecule has 0 aliphatic rings. The van der Waals surface area contributed by atoms with Gasteiger partial charge in [-0.15, -0.1) is 0 Å². The van der Waals surface area contributed by atoms with Crippen LogP contribution < -0.4 is 15.4 Å². The minimum absolute atomic E-state index is 0.0226. The number of methoxy groups -OCH3 is 1. The van der Waals surface area contributed by atoms with Crippen molar-refractivity contribution >= 4 is 17.5 Å². The molecule has 0 atom stereocenters. The van der Waals surface area contributed by atoms with Gasteiger partial charge in [-0.1, -0.05) is 24.3 Å². The van der Waals surface area contributed by atoms with Gasteiger partial charge in [0.15, 0.2) is 0 Å². The van der Waals surface area contributed by atoms with Gasteiger partial charge in [-0.2, -0.15) is 0 Å². The molecule has 0 aliphatic heterocycles. The first-order chi connectivity index (χ1) is 14.1. The highest BCUT2D eigenvalue weighted by Crippen LogP contribution is 2.14. The molecule has 0 saturated heterocycles. The summed E-state index contributed by atoms with van der Waals surface area (Å²) < 4.78 is 5.13. The summed E-state index contributed by atoms with van der Waals surface area (Å²) in [5.41, 5.74) is 3.15. The summed E-state index contributed by atoms with van der Waals surface area (Å²) in [6.07, 6.45) is 4.21. The van der Waals surface area contributed by atoms with Crippen molar-refractivity contribution in [1.29, 1.82) is 0 Å². The second-order valence-electron chi connectivity index (χ2n) is 6.52. The number of carbonyl (C=O) groups excluding carboxylic acids is 2. The highest BCUT2D eigenvalue weighted by Gasteiger charge is 2.07. The molecule has 0 radical (unpaired) electrons. The normalized spacial score (nSPS) is 10.2. The van der Waals surface area contributed by atoms with Gasteiger partial charge in [0.05, 0.1) is 12.7 Å². The van der Waals surface area contributed by atoms with Crippen LogP contribution in [0.15, 0.2) is 73.1 Å². The number of nitrogens with one attached hydrogen (secondary N) is 2. The Hall–Kier alpha value is -3.67. The van der Waals surface area contributed by atoms with E-state index in [1.54, 1.807) is 25.4 Å². The minimum atomic E-state index is -0.223. The third-order valence-corrected chi connectivity index (χ3v) is 4.40. The van der Waals surface area contributed by atoms with Gasteiger partial charge >= 0.3 is 0 Å². The van der Waals surface area contributed by atoms with Gasteiger partial charge in [0, 0.05) is 31.0 Å². The van der Waals surface area contributed by atoms with Crippen LogP contribution >= 0.6 is 0 Å². The first-order valence-corrected chi connectivity index (χ1v) is 9.34. The second-order valence-corrected chi connectivity index (χ2v) is 6.52. The van der Waals surface area contributed by atoms with Crippen molar-refractivity contribution < 1.29 is 14.3 Å². The predicted molar refractivity (Wildman–Crippen MR) is 112 cm³/mol. The molecule has 6 nitrogen and oxygen atoms in total. The number of hydrogen-bond acceptors (Lipinski definition) is 4. The lowest BCUT2D eigenvalue weighted by Gasteiger charge is -2.09. The maximum Gasteiger partial charge on any atom is 0.257 e. The fourth-order valence-electron chi connectivity index (χ4n) is 2.80. The number of hydrogen-bond donors (Lipinski definition) is 2. The zero-order chi connectivity index (χ0) is 20.5. The molecule has 148 valence electrons. The molecular formula is C23H23N3O3. The maximum absolute atomic E-state index is 12.2. The molecule has 0 bridgehead atoms. The topological polar surface area (TPSA) is 80.3 Å². The summed E-state index contributed by atoms with van der Waals surface area (Å²) in [5.74, 6) is 0.554.